The van der Waals surface area contributed by atoms with Crippen molar-refractivity contribution in [3.8, 4) is 0 Å². The number of hydrogen-bond donors (Lipinski definition) is 0. The van der Waals surface area contributed by atoms with Gasteiger partial charge >= 0.3 is 5.97 Å². The van der Waals surface area contributed by atoms with E-state index in [4.69, 9.17) is 4.74 Å². The Morgan fingerprint density at radius 1 is 1.46 bits per heavy atom. The number of carbonyl (C=O) groups excluding carboxylic acids is 1. The summed E-state index contributed by atoms with van der Waals surface area (Å²) in [5.41, 5.74) is 0. The standard InChI is InChI=1S/C10H17BrO2/c1-8(11)10(12)13-7-9-5-3-2-4-6-9/h8-9H,2-7H2,1H3/t8-/m0/s1. The van der Waals surface area contributed by atoms with Crippen LogP contribution in [0, 0.1) is 5.92 Å². The summed E-state index contributed by atoms with van der Waals surface area (Å²) < 4.78 is 5.16. The third-order valence-electron chi connectivity index (χ3n) is 2.51. The van der Waals surface area contributed by atoms with Crippen LogP contribution in [0.1, 0.15) is 39.0 Å². The Morgan fingerprint density at radius 3 is 2.62 bits per heavy atom. The van der Waals surface area contributed by atoms with E-state index in [-0.39, 0.29) is 10.8 Å². The predicted molar refractivity (Wildman–Crippen MR) is 55.9 cm³/mol. The smallest absolute Gasteiger partial charge is 0.319 e. The molecule has 0 saturated heterocycles. The lowest BCUT2D eigenvalue weighted by Gasteiger charge is -2.21. The van der Waals surface area contributed by atoms with Gasteiger partial charge in [0.05, 0.1) is 6.61 Å². The molecule has 76 valence electrons. The van der Waals surface area contributed by atoms with E-state index in [9.17, 15) is 4.79 Å². The van der Waals surface area contributed by atoms with Gasteiger partial charge in [-0.05, 0) is 25.7 Å². The lowest BCUT2D eigenvalue weighted by molar-refractivity contribution is -0.144. The highest BCUT2D eigenvalue weighted by Crippen LogP contribution is 2.23. The molecule has 0 amide bonds. The van der Waals surface area contributed by atoms with Gasteiger partial charge in [0.25, 0.3) is 0 Å². The van der Waals surface area contributed by atoms with Crippen LogP contribution in [-0.4, -0.2) is 17.4 Å². The van der Waals surface area contributed by atoms with Gasteiger partial charge in [0.1, 0.15) is 4.83 Å². The molecule has 0 unspecified atom stereocenters. The van der Waals surface area contributed by atoms with Crippen LogP contribution in [0.4, 0.5) is 0 Å². The van der Waals surface area contributed by atoms with Gasteiger partial charge in [0.15, 0.2) is 0 Å². The summed E-state index contributed by atoms with van der Waals surface area (Å²) in [7, 11) is 0. The van der Waals surface area contributed by atoms with Crippen molar-refractivity contribution in [2.45, 2.75) is 43.9 Å². The molecule has 0 aromatic carbocycles. The first-order valence-corrected chi connectivity index (χ1v) is 5.92. The second-order valence-corrected chi connectivity index (χ2v) is 5.12. The average Bonchev–Trinajstić information content (AvgIpc) is 2.15. The van der Waals surface area contributed by atoms with E-state index in [1.807, 2.05) is 0 Å². The predicted octanol–water partition coefficient (Wildman–Crippen LogP) is 2.89. The van der Waals surface area contributed by atoms with Crippen molar-refractivity contribution in [1.29, 1.82) is 0 Å². The minimum atomic E-state index is -0.170. The molecule has 0 aromatic rings. The molecule has 0 radical (unpaired) electrons. The zero-order chi connectivity index (χ0) is 9.68. The Morgan fingerprint density at radius 2 is 2.08 bits per heavy atom. The van der Waals surface area contributed by atoms with E-state index in [2.05, 4.69) is 15.9 Å². The minimum absolute atomic E-state index is 0.134. The van der Waals surface area contributed by atoms with Crippen LogP contribution in [0.15, 0.2) is 0 Å². The molecule has 1 saturated carbocycles. The summed E-state index contributed by atoms with van der Waals surface area (Å²) in [6.45, 7) is 2.41. The number of hydrogen-bond acceptors (Lipinski definition) is 2. The maximum Gasteiger partial charge on any atom is 0.319 e. The molecule has 0 N–H and O–H groups in total. The molecule has 0 spiro atoms. The summed E-state index contributed by atoms with van der Waals surface area (Å²) >= 11 is 3.19. The van der Waals surface area contributed by atoms with Crippen LogP contribution in [-0.2, 0) is 9.53 Å². The molecule has 0 aromatic heterocycles. The molecule has 0 heterocycles. The highest BCUT2D eigenvalue weighted by Gasteiger charge is 2.17. The molecule has 1 aliphatic carbocycles. The molecule has 0 bridgehead atoms. The van der Waals surface area contributed by atoms with E-state index in [0.717, 1.165) is 0 Å². The minimum Gasteiger partial charge on any atom is -0.465 e. The van der Waals surface area contributed by atoms with E-state index in [1.54, 1.807) is 6.92 Å². The fourth-order valence-electron chi connectivity index (χ4n) is 1.67. The van der Waals surface area contributed by atoms with Crippen molar-refractivity contribution in [3.63, 3.8) is 0 Å². The Balaban J connectivity index is 2.13. The number of esters is 1. The summed E-state index contributed by atoms with van der Waals surface area (Å²) in [5, 5.41) is 0. The van der Waals surface area contributed by atoms with Gasteiger partial charge in [-0.1, -0.05) is 35.2 Å². The van der Waals surface area contributed by atoms with Gasteiger partial charge < -0.3 is 4.74 Å². The van der Waals surface area contributed by atoms with E-state index < -0.39 is 0 Å². The fraction of sp³-hybridized carbons (Fsp3) is 0.900. The molecule has 1 fully saturated rings. The lowest BCUT2D eigenvalue weighted by atomic mass is 9.90. The van der Waals surface area contributed by atoms with Gasteiger partial charge in [-0.25, -0.2) is 0 Å². The van der Waals surface area contributed by atoms with Gasteiger partial charge in [-0.3, -0.25) is 4.79 Å². The quantitative estimate of drug-likeness (QED) is 0.567. The van der Waals surface area contributed by atoms with Crippen LogP contribution in [0.25, 0.3) is 0 Å². The highest BCUT2D eigenvalue weighted by atomic mass is 79.9. The first-order chi connectivity index (χ1) is 6.20. The molecule has 0 aliphatic heterocycles. The number of alkyl halides is 1. The Hall–Kier alpha value is -0.0500. The maximum atomic E-state index is 11.1. The van der Waals surface area contributed by atoms with Crippen molar-refractivity contribution in [2.24, 2.45) is 5.92 Å². The molecule has 1 rings (SSSR count). The lowest BCUT2D eigenvalue weighted by Crippen LogP contribution is -2.20. The van der Waals surface area contributed by atoms with Crippen LogP contribution in [0.2, 0.25) is 0 Å². The fourth-order valence-corrected chi connectivity index (χ4v) is 1.80. The molecule has 13 heavy (non-hydrogen) atoms. The van der Waals surface area contributed by atoms with Crippen LogP contribution in [0.5, 0.6) is 0 Å². The number of rotatable bonds is 3. The normalized spacial score (nSPS) is 21.1. The van der Waals surface area contributed by atoms with Gasteiger partial charge in [0, 0.05) is 0 Å². The van der Waals surface area contributed by atoms with Crippen LogP contribution in [0.3, 0.4) is 0 Å². The van der Waals surface area contributed by atoms with Crippen molar-refractivity contribution >= 4 is 21.9 Å². The first-order valence-electron chi connectivity index (χ1n) is 5.01. The first kappa shape index (κ1) is 11.0. The van der Waals surface area contributed by atoms with E-state index in [1.165, 1.54) is 32.1 Å². The zero-order valence-electron chi connectivity index (χ0n) is 8.09. The SMILES string of the molecule is C[C@H](Br)C(=O)OCC1CCCCC1. The number of carbonyl (C=O) groups is 1. The summed E-state index contributed by atoms with van der Waals surface area (Å²) in [6, 6.07) is 0. The van der Waals surface area contributed by atoms with Gasteiger partial charge in [-0.15, -0.1) is 0 Å². The van der Waals surface area contributed by atoms with Crippen LogP contribution < -0.4 is 0 Å². The Bertz CT molecular complexity index is 162. The molecule has 1 atom stereocenters. The van der Waals surface area contributed by atoms with Crippen molar-refractivity contribution in [3.05, 3.63) is 0 Å². The molecule has 3 heteroatoms. The van der Waals surface area contributed by atoms with Gasteiger partial charge in [-0.2, -0.15) is 0 Å². The number of ether oxygens (including phenoxy) is 1. The number of halogens is 1. The summed E-state index contributed by atoms with van der Waals surface area (Å²) in [5.74, 6) is 0.481. The Labute approximate surface area is 88.2 Å². The second kappa shape index (κ2) is 5.63. The zero-order valence-corrected chi connectivity index (χ0v) is 9.68. The van der Waals surface area contributed by atoms with Gasteiger partial charge in [0.2, 0.25) is 0 Å². The average molecular weight is 249 g/mol. The summed E-state index contributed by atoms with van der Waals surface area (Å²) in [4.78, 5) is 10.9. The molecule has 2 nitrogen and oxygen atoms in total. The second-order valence-electron chi connectivity index (χ2n) is 3.75. The highest BCUT2D eigenvalue weighted by molar-refractivity contribution is 9.10. The van der Waals surface area contributed by atoms with E-state index in [0.29, 0.717) is 12.5 Å². The maximum absolute atomic E-state index is 11.1. The van der Waals surface area contributed by atoms with Crippen molar-refractivity contribution in [1.82, 2.24) is 0 Å². The van der Waals surface area contributed by atoms with Crippen molar-refractivity contribution < 1.29 is 9.53 Å². The monoisotopic (exact) mass is 248 g/mol. The Kier molecular flexibility index (Phi) is 4.78. The third-order valence-corrected chi connectivity index (χ3v) is 2.88. The van der Waals surface area contributed by atoms with Crippen LogP contribution >= 0.6 is 15.9 Å². The molecule has 1 aliphatic rings. The largest absolute Gasteiger partial charge is 0.465 e. The van der Waals surface area contributed by atoms with E-state index >= 15 is 0 Å². The molecular weight excluding hydrogens is 232 g/mol. The summed E-state index contributed by atoms with van der Waals surface area (Å²) in [6.07, 6.45) is 6.39. The van der Waals surface area contributed by atoms with Crippen molar-refractivity contribution in [2.75, 3.05) is 6.61 Å². The third kappa shape index (κ3) is 4.12. The topological polar surface area (TPSA) is 26.3 Å². The molecular formula is C10H17BrO2.